The zero-order chi connectivity index (χ0) is 18.4. The summed E-state index contributed by atoms with van der Waals surface area (Å²) in [5, 5.41) is 11.5. The second kappa shape index (κ2) is 8.52. The maximum atomic E-state index is 6.19. The van der Waals surface area contributed by atoms with E-state index in [1.54, 1.807) is 0 Å². The molecule has 136 valence electrons. The average Bonchev–Trinajstić information content (AvgIpc) is 3.10. The van der Waals surface area contributed by atoms with Crippen molar-refractivity contribution in [1.29, 1.82) is 0 Å². The van der Waals surface area contributed by atoms with Crippen LogP contribution in [0.3, 0.4) is 0 Å². The molecular formula is C21H25N3O2. The smallest absolute Gasteiger partial charge is 0.235 e. The highest BCUT2D eigenvalue weighted by Crippen LogP contribution is 2.33. The van der Waals surface area contributed by atoms with Gasteiger partial charge >= 0.3 is 0 Å². The van der Waals surface area contributed by atoms with E-state index in [-0.39, 0.29) is 0 Å². The molecule has 0 aliphatic heterocycles. The number of aromatic nitrogens is 2. The molecule has 0 spiro atoms. The zero-order valence-electron chi connectivity index (χ0n) is 15.6. The van der Waals surface area contributed by atoms with Gasteiger partial charge in [0.1, 0.15) is 5.75 Å². The van der Waals surface area contributed by atoms with E-state index >= 15 is 0 Å². The van der Waals surface area contributed by atoms with Crippen LogP contribution in [0.15, 0.2) is 46.9 Å². The highest BCUT2D eigenvalue weighted by molar-refractivity contribution is 5.58. The standard InChI is InChI=1S/C21H25N3O2/c1-4-5-13-19-23-24-20(26-19)14-22-17-11-6-7-12-18(17)25-21-15(2)9-8-10-16(21)3/h6-12,22H,4-5,13-14H2,1-3H3. The predicted octanol–water partition coefficient (Wildman–Crippen LogP) is 5.43. The molecule has 0 saturated carbocycles. The molecule has 0 atom stereocenters. The summed E-state index contributed by atoms with van der Waals surface area (Å²) in [7, 11) is 0. The molecule has 5 heteroatoms. The van der Waals surface area contributed by atoms with Crippen molar-refractivity contribution >= 4 is 5.69 Å². The van der Waals surface area contributed by atoms with Gasteiger partial charge in [0, 0.05) is 6.42 Å². The molecule has 1 heterocycles. The summed E-state index contributed by atoms with van der Waals surface area (Å²) in [5.74, 6) is 2.94. The topological polar surface area (TPSA) is 60.2 Å². The van der Waals surface area contributed by atoms with Gasteiger partial charge in [0.2, 0.25) is 11.8 Å². The number of benzene rings is 2. The Morgan fingerprint density at radius 3 is 2.46 bits per heavy atom. The van der Waals surface area contributed by atoms with Crippen molar-refractivity contribution in [1.82, 2.24) is 10.2 Å². The van der Waals surface area contributed by atoms with E-state index in [4.69, 9.17) is 9.15 Å². The first-order valence-electron chi connectivity index (χ1n) is 9.05. The van der Waals surface area contributed by atoms with Crippen LogP contribution in [-0.4, -0.2) is 10.2 Å². The van der Waals surface area contributed by atoms with Gasteiger partial charge in [-0.05, 0) is 43.5 Å². The predicted molar refractivity (Wildman–Crippen MR) is 103 cm³/mol. The first-order chi connectivity index (χ1) is 12.7. The van der Waals surface area contributed by atoms with Crippen molar-refractivity contribution in [3.05, 3.63) is 65.4 Å². The normalized spacial score (nSPS) is 10.7. The first kappa shape index (κ1) is 18.0. The SMILES string of the molecule is CCCCc1nnc(CNc2ccccc2Oc2c(C)cccc2C)o1. The Labute approximate surface area is 154 Å². The zero-order valence-corrected chi connectivity index (χ0v) is 15.6. The Morgan fingerprint density at radius 1 is 0.962 bits per heavy atom. The fourth-order valence-corrected chi connectivity index (χ4v) is 2.73. The lowest BCUT2D eigenvalue weighted by Crippen LogP contribution is -2.02. The van der Waals surface area contributed by atoms with Crippen LogP contribution in [0.1, 0.15) is 42.7 Å². The molecule has 0 aliphatic rings. The summed E-state index contributed by atoms with van der Waals surface area (Å²) in [6, 6.07) is 14.0. The van der Waals surface area contributed by atoms with Crippen LogP contribution < -0.4 is 10.1 Å². The quantitative estimate of drug-likeness (QED) is 0.586. The minimum Gasteiger partial charge on any atom is -0.455 e. The molecule has 0 aliphatic carbocycles. The minimum atomic E-state index is 0.465. The van der Waals surface area contributed by atoms with Crippen LogP contribution in [0, 0.1) is 13.8 Å². The molecule has 1 aromatic heterocycles. The number of ether oxygens (including phenoxy) is 1. The summed E-state index contributed by atoms with van der Waals surface area (Å²) < 4.78 is 11.9. The lowest BCUT2D eigenvalue weighted by molar-refractivity contribution is 0.448. The van der Waals surface area contributed by atoms with E-state index in [1.807, 2.05) is 30.3 Å². The molecule has 3 aromatic rings. The van der Waals surface area contributed by atoms with Crippen molar-refractivity contribution in [2.45, 2.75) is 46.6 Å². The lowest BCUT2D eigenvalue weighted by Gasteiger charge is -2.15. The molecule has 3 rings (SSSR count). The molecule has 2 aromatic carbocycles. The van der Waals surface area contributed by atoms with Crippen molar-refractivity contribution in [2.24, 2.45) is 0 Å². The van der Waals surface area contributed by atoms with Gasteiger partial charge in [-0.2, -0.15) is 0 Å². The highest BCUT2D eigenvalue weighted by atomic mass is 16.5. The number of nitrogens with zero attached hydrogens (tertiary/aromatic N) is 2. The third-order valence-electron chi connectivity index (χ3n) is 4.19. The number of unbranched alkanes of at least 4 members (excludes halogenated alkanes) is 1. The molecule has 1 N–H and O–H groups in total. The number of nitrogens with one attached hydrogen (secondary N) is 1. The van der Waals surface area contributed by atoms with Crippen LogP contribution in [-0.2, 0) is 13.0 Å². The first-order valence-corrected chi connectivity index (χ1v) is 9.05. The van der Waals surface area contributed by atoms with Gasteiger partial charge in [-0.15, -0.1) is 10.2 Å². The number of rotatable bonds is 8. The largest absolute Gasteiger partial charge is 0.455 e. The van der Waals surface area contributed by atoms with Crippen LogP contribution in [0.25, 0.3) is 0 Å². The van der Waals surface area contributed by atoms with Crippen molar-refractivity contribution in [2.75, 3.05) is 5.32 Å². The Hall–Kier alpha value is -2.82. The van der Waals surface area contributed by atoms with E-state index in [1.165, 1.54) is 0 Å². The number of anilines is 1. The van der Waals surface area contributed by atoms with Gasteiger partial charge in [0.15, 0.2) is 5.75 Å². The van der Waals surface area contributed by atoms with Gasteiger partial charge in [0.05, 0.1) is 12.2 Å². The molecule has 0 fully saturated rings. The second-order valence-corrected chi connectivity index (χ2v) is 6.37. The summed E-state index contributed by atoms with van der Waals surface area (Å²) >= 11 is 0. The lowest BCUT2D eigenvalue weighted by atomic mass is 10.1. The van der Waals surface area contributed by atoms with Crippen LogP contribution >= 0.6 is 0 Å². The van der Waals surface area contributed by atoms with Crippen molar-refractivity contribution in [3.8, 4) is 11.5 Å². The minimum absolute atomic E-state index is 0.465. The fourth-order valence-electron chi connectivity index (χ4n) is 2.73. The number of hydrogen-bond acceptors (Lipinski definition) is 5. The molecule has 26 heavy (non-hydrogen) atoms. The maximum absolute atomic E-state index is 6.19. The Bertz CT molecular complexity index is 838. The molecule has 0 radical (unpaired) electrons. The molecule has 5 nitrogen and oxygen atoms in total. The maximum Gasteiger partial charge on any atom is 0.235 e. The highest BCUT2D eigenvalue weighted by Gasteiger charge is 2.10. The van der Waals surface area contributed by atoms with E-state index in [0.717, 1.165) is 47.6 Å². The fraction of sp³-hybridized carbons (Fsp3) is 0.333. The summed E-state index contributed by atoms with van der Waals surface area (Å²) in [6.45, 7) is 6.71. The van der Waals surface area contributed by atoms with E-state index in [9.17, 15) is 0 Å². The molecule has 0 saturated heterocycles. The number of hydrogen-bond donors (Lipinski definition) is 1. The third kappa shape index (κ3) is 4.42. The Balaban J connectivity index is 1.70. The average molecular weight is 351 g/mol. The number of aryl methyl sites for hydroxylation is 3. The molecule has 0 amide bonds. The van der Waals surface area contributed by atoms with Gasteiger partial charge in [-0.25, -0.2) is 0 Å². The second-order valence-electron chi connectivity index (χ2n) is 6.37. The molecule has 0 unspecified atom stereocenters. The van der Waals surface area contributed by atoms with Crippen molar-refractivity contribution < 1.29 is 9.15 Å². The van der Waals surface area contributed by atoms with Gasteiger partial charge in [0.25, 0.3) is 0 Å². The molecular weight excluding hydrogens is 326 g/mol. The Kier molecular flexibility index (Phi) is 5.89. The Morgan fingerprint density at radius 2 is 1.69 bits per heavy atom. The van der Waals surface area contributed by atoms with Gasteiger partial charge in [-0.3, -0.25) is 0 Å². The van der Waals surface area contributed by atoms with E-state index in [2.05, 4.69) is 48.4 Å². The van der Waals surface area contributed by atoms with Crippen LogP contribution in [0.2, 0.25) is 0 Å². The van der Waals surface area contributed by atoms with E-state index < -0.39 is 0 Å². The van der Waals surface area contributed by atoms with Crippen LogP contribution in [0.4, 0.5) is 5.69 Å². The summed E-state index contributed by atoms with van der Waals surface area (Å²) in [4.78, 5) is 0. The van der Waals surface area contributed by atoms with Crippen molar-refractivity contribution in [3.63, 3.8) is 0 Å². The molecule has 0 bridgehead atoms. The number of para-hydroxylation sites is 3. The van der Waals surface area contributed by atoms with Gasteiger partial charge in [-0.1, -0.05) is 43.7 Å². The monoisotopic (exact) mass is 351 g/mol. The third-order valence-corrected chi connectivity index (χ3v) is 4.19. The summed E-state index contributed by atoms with van der Waals surface area (Å²) in [5.41, 5.74) is 3.11. The van der Waals surface area contributed by atoms with E-state index in [0.29, 0.717) is 18.3 Å². The van der Waals surface area contributed by atoms with Crippen LogP contribution in [0.5, 0.6) is 11.5 Å². The van der Waals surface area contributed by atoms with Gasteiger partial charge < -0.3 is 14.5 Å². The summed E-state index contributed by atoms with van der Waals surface area (Å²) in [6.07, 6.45) is 3.00.